The molecule has 252 valence electrons. The van der Waals surface area contributed by atoms with Gasteiger partial charge >= 0.3 is 69.5 Å². The van der Waals surface area contributed by atoms with Crippen molar-refractivity contribution >= 4 is 45.0 Å². The van der Waals surface area contributed by atoms with Crippen molar-refractivity contribution < 1.29 is 49.8 Å². The summed E-state index contributed by atoms with van der Waals surface area (Å²) in [5.74, 6) is -6.67. The van der Waals surface area contributed by atoms with Crippen LogP contribution in [0.2, 0.25) is 8.87 Å². The van der Waals surface area contributed by atoms with Gasteiger partial charge in [0.2, 0.25) is 0 Å². The Balaban J connectivity index is -0.000000586. The second-order valence-electron chi connectivity index (χ2n) is 11.7. The Kier molecular flexibility index (Phi) is 30.1. The van der Waals surface area contributed by atoms with Crippen LogP contribution in [-0.4, -0.2) is 66.4 Å². The van der Waals surface area contributed by atoms with Crippen LogP contribution in [0.5, 0.6) is 0 Å². The number of carboxylic acid groups (broad SMARTS) is 4. The Morgan fingerprint density at radius 2 is 0.884 bits per heavy atom. The van der Waals surface area contributed by atoms with Gasteiger partial charge in [-0.05, 0) is 24.7 Å². The van der Waals surface area contributed by atoms with Crippen molar-refractivity contribution in [3.63, 3.8) is 0 Å². The average molecular weight is 724 g/mol. The zero-order valence-electron chi connectivity index (χ0n) is 27.8. The Morgan fingerprint density at radius 1 is 0.581 bits per heavy atom. The summed E-state index contributed by atoms with van der Waals surface area (Å²) in [6.07, 6.45) is 10.6. The van der Waals surface area contributed by atoms with E-state index < -0.39 is 47.9 Å². The van der Waals surface area contributed by atoms with Crippen LogP contribution in [0, 0.1) is 11.8 Å². The van der Waals surface area contributed by atoms with Gasteiger partial charge in [-0.25, -0.2) is 0 Å². The first-order valence-corrected chi connectivity index (χ1v) is 22.1. The van der Waals surface area contributed by atoms with Crippen molar-refractivity contribution in [2.24, 2.45) is 11.8 Å². The molecule has 0 aromatic heterocycles. The quantitative estimate of drug-likeness (QED) is 0.107. The Labute approximate surface area is 270 Å². The van der Waals surface area contributed by atoms with E-state index in [9.17, 15) is 49.8 Å². The van der Waals surface area contributed by atoms with Gasteiger partial charge in [-0.1, -0.05) is 79.1 Å². The van der Waals surface area contributed by atoms with Crippen LogP contribution in [0.3, 0.4) is 0 Å². The molecule has 0 heterocycles. The summed E-state index contributed by atoms with van der Waals surface area (Å²) in [6, 6.07) is 0. The van der Waals surface area contributed by atoms with Crippen molar-refractivity contribution in [2.45, 2.75) is 164 Å². The molecule has 0 aliphatic rings. The van der Waals surface area contributed by atoms with Crippen LogP contribution in [-0.2, 0) is 19.2 Å². The summed E-state index contributed by atoms with van der Waals surface area (Å²) in [5.41, 5.74) is -4.62. The normalized spacial score (nSPS) is 14.9. The molecular formula is C32H60O10Sn. The molecule has 0 saturated heterocycles. The minimum atomic E-state index is -2.31. The van der Waals surface area contributed by atoms with Gasteiger partial charge in [0, 0.05) is 24.8 Å². The molecule has 0 spiro atoms. The molecule has 2 N–H and O–H groups in total. The molecule has 0 bridgehead atoms. The van der Waals surface area contributed by atoms with E-state index in [2.05, 4.69) is 13.8 Å². The predicted molar refractivity (Wildman–Crippen MR) is 163 cm³/mol. The Bertz CT molecular complexity index is 688. The third-order valence-electron chi connectivity index (χ3n) is 7.68. The second-order valence-corrected chi connectivity index (χ2v) is 17.8. The van der Waals surface area contributed by atoms with Crippen molar-refractivity contribution in [1.29, 1.82) is 0 Å². The number of hydrogen-bond acceptors (Lipinski definition) is 10. The first-order valence-electron chi connectivity index (χ1n) is 16.4. The molecule has 10 nitrogen and oxygen atoms in total. The predicted octanol–water partition coefficient (Wildman–Crippen LogP) is 1.02. The van der Waals surface area contributed by atoms with E-state index in [0.717, 1.165) is 38.5 Å². The van der Waals surface area contributed by atoms with E-state index >= 15 is 0 Å². The molecule has 43 heavy (non-hydrogen) atoms. The molecule has 4 unspecified atom stereocenters. The summed E-state index contributed by atoms with van der Waals surface area (Å²) in [6.45, 7) is 12.4. The van der Waals surface area contributed by atoms with E-state index in [1.165, 1.54) is 25.7 Å². The maximum atomic E-state index is 10.8. The van der Waals surface area contributed by atoms with Gasteiger partial charge in [0.1, 0.15) is 11.2 Å². The van der Waals surface area contributed by atoms with Crippen LogP contribution >= 0.6 is 0 Å². The maximum absolute atomic E-state index is 10.8. The van der Waals surface area contributed by atoms with Gasteiger partial charge in [-0.15, -0.1) is 0 Å². The number of carbonyl (C=O) groups is 4. The molecule has 0 rings (SSSR count). The monoisotopic (exact) mass is 724 g/mol. The number of unbranched alkanes of at least 4 members (excludes halogenated alkanes) is 4. The molecule has 0 amide bonds. The summed E-state index contributed by atoms with van der Waals surface area (Å²) >= 11 is -0.159. The van der Waals surface area contributed by atoms with E-state index in [-0.39, 0.29) is 45.8 Å². The zero-order valence-corrected chi connectivity index (χ0v) is 31.8. The van der Waals surface area contributed by atoms with Gasteiger partial charge < -0.3 is 49.8 Å². The number of aliphatic hydroxyl groups is 2. The van der Waals surface area contributed by atoms with E-state index in [1.807, 2.05) is 27.7 Å². The standard InChI is InChI=1S/2C12H22O5.2C4H9.Sn.2H/c2*1-3-5-6-9(4-2)7-12(17,11(15)16)8-10(13)14;2*1-3-4-2;;;/h2*9,17H,3-8H2,1-2H3,(H,13,14)(H,15,16);2*1,3-4H2,2H3;;;/q;;;;+4;;/p-4. The topological polar surface area (TPSA) is 201 Å². The van der Waals surface area contributed by atoms with Crippen molar-refractivity contribution in [2.75, 3.05) is 0 Å². The first kappa shape index (κ1) is 46.0. The number of hydrogen-bond donors (Lipinski definition) is 2. The summed E-state index contributed by atoms with van der Waals surface area (Å²) in [7, 11) is 0. The summed E-state index contributed by atoms with van der Waals surface area (Å²) in [5, 5.41) is 62.1. The van der Waals surface area contributed by atoms with Crippen molar-refractivity contribution in [3.05, 3.63) is 0 Å². The zero-order chi connectivity index (χ0) is 33.9. The number of carboxylic acids is 4. The first-order chi connectivity index (χ1) is 20.1. The summed E-state index contributed by atoms with van der Waals surface area (Å²) < 4.78 is 3.33. The van der Waals surface area contributed by atoms with Gasteiger partial charge in [0.25, 0.3) is 0 Å². The van der Waals surface area contributed by atoms with Gasteiger partial charge in [-0.3, -0.25) is 0 Å². The van der Waals surface area contributed by atoms with Crippen LogP contribution in [0.4, 0.5) is 0 Å². The van der Waals surface area contributed by atoms with E-state index in [1.54, 1.807) is 8.87 Å². The van der Waals surface area contributed by atoms with Gasteiger partial charge in [-0.2, -0.15) is 0 Å². The molecule has 0 fully saturated rings. The number of aliphatic carboxylic acids is 4. The van der Waals surface area contributed by atoms with E-state index in [4.69, 9.17) is 0 Å². The fourth-order valence-corrected chi connectivity index (χ4v) is 10.7. The van der Waals surface area contributed by atoms with Gasteiger partial charge in [0.05, 0.1) is 11.9 Å². The Morgan fingerprint density at radius 3 is 1.09 bits per heavy atom. The fraction of sp³-hybridized carbons (Fsp3) is 0.875. The average Bonchev–Trinajstić information content (AvgIpc) is 2.93. The molecule has 0 aliphatic heterocycles. The van der Waals surface area contributed by atoms with Crippen LogP contribution < -0.4 is 20.4 Å². The van der Waals surface area contributed by atoms with Gasteiger partial charge in [0.15, 0.2) is 0 Å². The number of rotatable bonds is 24. The minimum absolute atomic E-state index is 0.0165. The third-order valence-corrected chi connectivity index (χ3v) is 13.4. The fourth-order valence-electron chi connectivity index (χ4n) is 4.81. The third kappa shape index (κ3) is 25.6. The molecule has 0 aromatic carbocycles. The Hall–Kier alpha value is -1.40. The molecule has 0 aliphatic carbocycles. The molecular weight excluding hydrogens is 663 g/mol. The second kappa shape index (κ2) is 28.1. The SMILES string of the molecule is CCCCC(CC)CC(O)(CC(=O)[O-])C(=O)[O-].CCCCC(CC)CC(O)(CC(=O)[O-])C(=O)[O-].CCC[CH2][SnH2+4][CH2]CCC. The molecule has 11 heteroatoms. The molecule has 4 radical (unpaired) electrons. The van der Waals surface area contributed by atoms with Crippen LogP contribution in [0.1, 0.15) is 144 Å². The summed E-state index contributed by atoms with van der Waals surface area (Å²) in [4.78, 5) is 42.5. The van der Waals surface area contributed by atoms with Crippen molar-refractivity contribution in [3.8, 4) is 0 Å². The number of carbonyl (C=O) groups excluding carboxylic acids is 4. The van der Waals surface area contributed by atoms with Crippen LogP contribution in [0.25, 0.3) is 0 Å². The molecule has 0 aromatic rings. The van der Waals surface area contributed by atoms with Crippen LogP contribution in [0.15, 0.2) is 0 Å². The van der Waals surface area contributed by atoms with E-state index in [0.29, 0.717) is 12.8 Å². The molecule has 4 atom stereocenters. The molecule has 0 saturated carbocycles. The van der Waals surface area contributed by atoms with Crippen molar-refractivity contribution in [1.82, 2.24) is 0 Å².